The molecule has 2 unspecified atom stereocenters. The van der Waals surface area contributed by atoms with Gasteiger partial charge >= 0.3 is 0 Å². The standard InChI is InChI=1S/C15H19BrN2O/c1-10-8-12(16)2-3-13(10)15(19)18-7-5-14-11(9-18)4-6-17-14/h2-3,8,11,14,17H,4-7,9H2,1H3. The smallest absolute Gasteiger partial charge is 0.254 e. The second-order valence-electron chi connectivity index (χ2n) is 5.61. The average Bonchev–Trinajstić information content (AvgIpc) is 2.85. The highest BCUT2D eigenvalue weighted by molar-refractivity contribution is 9.10. The molecule has 3 rings (SSSR count). The second-order valence-corrected chi connectivity index (χ2v) is 6.52. The number of nitrogens with one attached hydrogen (secondary N) is 1. The summed E-state index contributed by atoms with van der Waals surface area (Å²) in [5.74, 6) is 0.837. The number of rotatable bonds is 1. The van der Waals surface area contributed by atoms with Crippen LogP contribution in [-0.2, 0) is 0 Å². The Balaban J connectivity index is 1.76. The Hall–Kier alpha value is -0.870. The first kappa shape index (κ1) is 13.1. The first-order valence-corrected chi connectivity index (χ1v) is 7.73. The van der Waals surface area contributed by atoms with Gasteiger partial charge in [-0.3, -0.25) is 4.79 Å². The summed E-state index contributed by atoms with van der Waals surface area (Å²) < 4.78 is 1.03. The zero-order chi connectivity index (χ0) is 13.4. The number of halogens is 1. The molecule has 0 aromatic heterocycles. The number of benzene rings is 1. The molecule has 2 saturated heterocycles. The summed E-state index contributed by atoms with van der Waals surface area (Å²) in [6, 6.07) is 6.53. The maximum Gasteiger partial charge on any atom is 0.254 e. The van der Waals surface area contributed by atoms with Gasteiger partial charge in [-0.15, -0.1) is 0 Å². The van der Waals surface area contributed by atoms with E-state index in [-0.39, 0.29) is 5.91 Å². The van der Waals surface area contributed by atoms with Crippen molar-refractivity contribution in [3.8, 4) is 0 Å². The monoisotopic (exact) mass is 322 g/mol. The van der Waals surface area contributed by atoms with E-state index in [4.69, 9.17) is 0 Å². The Morgan fingerprint density at radius 2 is 2.26 bits per heavy atom. The van der Waals surface area contributed by atoms with Gasteiger partial charge in [0.25, 0.3) is 5.91 Å². The fourth-order valence-corrected chi connectivity index (χ4v) is 3.74. The van der Waals surface area contributed by atoms with Crippen LogP contribution in [-0.4, -0.2) is 36.5 Å². The number of nitrogens with zero attached hydrogens (tertiary/aromatic N) is 1. The number of aryl methyl sites for hydroxylation is 1. The molecule has 2 aliphatic heterocycles. The van der Waals surface area contributed by atoms with Crippen molar-refractivity contribution in [1.82, 2.24) is 10.2 Å². The van der Waals surface area contributed by atoms with Crippen molar-refractivity contribution >= 4 is 21.8 Å². The molecule has 2 heterocycles. The lowest BCUT2D eigenvalue weighted by Crippen LogP contribution is -2.47. The fraction of sp³-hybridized carbons (Fsp3) is 0.533. The van der Waals surface area contributed by atoms with Crippen LogP contribution in [0.25, 0.3) is 0 Å². The molecule has 0 radical (unpaired) electrons. The number of hydrogen-bond acceptors (Lipinski definition) is 2. The Bertz CT molecular complexity index is 503. The van der Waals surface area contributed by atoms with Gasteiger partial charge in [-0.2, -0.15) is 0 Å². The van der Waals surface area contributed by atoms with Crippen molar-refractivity contribution in [2.24, 2.45) is 5.92 Å². The number of amides is 1. The van der Waals surface area contributed by atoms with E-state index in [9.17, 15) is 4.79 Å². The lowest BCUT2D eigenvalue weighted by atomic mass is 9.92. The van der Waals surface area contributed by atoms with Gasteiger partial charge in [-0.25, -0.2) is 0 Å². The van der Waals surface area contributed by atoms with Crippen molar-refractivity contribution in [3.63, 3.8) is 0 Å². The SMILES string of the molecule is Cc1cc(Br)ccc1C(=O)N1CCC2NCCC2C1. The summed E-state index contributed by atoms with van der Waals surface area (Å²) in [7, 11) is 0. The molecule has 0 saturated carbocycles. The molecule has 0 bridgehead atoms. The Kier molecular flexibility index (Phi) is 3.63. The van der Waals surface area contributed by atoms with Crippen LogP contribution < -0.4 is 5.32 Å². The number of piperidine rings is 1. The minimum absolute atomic E-state index is 0.190. The number of carbonyl (C=O) groups is 1. The van der Waals surface area contributed by atoms with Crippen LogP contribution in [0.4, 0.5) is 0 Å². The van der Waals surface area contributed by atoms with E-state index in [1.807, 2.05) is 30.0 Å². The lowest BCUT2D eigenvalue weighted by Gasteiger charge is -2.35. The minimum atomic E-state index is 0.190. The van der Waals surface area contributed by atoms with E-state index < -0.39 is 0 Å². The quantitative estimate of drug-likeness (QED) is 0.862. The van der Waals surface area contributed by atoms with Crippen molar-refractivity contribution in [2.75, 3.05) is 19.6 Å². The summed E-state index contributed by atoms with van der Waals surface area (Å²) >= 11 is 3.45. The van der Waals surface area contributed by atoms with Crippen LogP contribution in [0.3, 0.4) is 0 Å². The highest BCUT2D eigenvalue weighted by Gasteiger charge is 2.34. The van der Waals surface area contributed by atoms with Gasteiger partial charge in [0.15, 0.2) is 0 Å². The highest BCUT2D eigenvalue weighted by Crippen LogP contribution is 2.26. The summed E-state index contributed by atoms with van der Waals surface area (Å²) in [6.45, 7) is 4.89. The van der Waals surface area contributed by atoms with Crippen LogP contribution in [0.15, 0.2) is 22.7 Å². The van der Waals surface area contributed by atoms with E-state index in [0.717, 1.165) is 41.7 Å². The van der Waals surface area contributed by atoms with Crippen molar-refractivity contribution in [3.05, 3.63) is 33.8 Å². The number of carbonyl (C=O) groups excluding carboxylic acids is 1. The molecule has 19 heavy (non-hydrogen) atoms. The normalized spacial score (nSPS) is 26.3. The molecule has 1 aromatic carbocycles. The molecule has 4 heteroatoms. The maximum atomic E-state index is 12.6. The van der Waals surface area contributed by atoms with E-state index in [0.29, 0.717) is 12.0 Å². The van der Waals surface area contributed by atoms with Crippen molar-refractivity contribution < 1.29 is 4.79 Å². The van der Waals surface area contributed by atoms with E-state index >= 15 is 0 Å². The molecular weight excluding hydrogens is 304 g/mol. The van der Waals surface area contributed by atoms with Crippen molar-refractivity contribution in [1.29, 1.82) is 0 Å². The molecule has 1 amide bonds. The van der Waals surface area contributed by atoms with Crippen LogP contribution in [0.2, 0.25) is 0 Å². The molecule has 3 nitrogen and oxygen atoms in total. The third kappa shape index (κ3) is 2.56. The zero-order valence-electron chi connectivity index (χ0n) is 11.2. The Morgan fingerprint density at radius 3 is 3.05 bits per heavy atom. The first-order chi connectivity index (χ1) is 9.15. The van der Waals surface area contributed by atoms with Gasteiger partial charge in [0, 0.05) is 29.2 Å². The third-order valence-electron chi connectivity index (χ3n) is 4.36. The van der Waals surface area contributed by atoms with Crippen molar-refractivity contribution in [2.45, 2.75) is 25.8 Å². The molecule has 1 N–H and O–H groups in total. The lowest BCUT2D eigenvalue weighted by molar-refractivity contribution is 0.0661. The topological polar surface area (TPSA) is 32.3 Å². The predicted octanol–water partition coefficient (Wildman–Crippen LogP) is 2.58. The summed E-state index contributed by atoms with van der Waals surface area (Å²) in [5.41, 5.74) is 1.89. The Morgan fingerprint density at radius 1 is 1.42 bits per heavy atom. The van der Waals surface area contributed by atoms with Gasteiger partial charge in [-0.05, 0) is 56.0 Å². The number of hydrogen-bond donors (Lipinski definition) is 1. The van der Waals surface area contributed by atoms with Crippen LogP contribution in [0, 0.1) is 12.8 Å². The van der Waals surface area contributed by atoms with E-state index in [1.165, 1.54) is 6.42 Å². The first-order valence-electron chi connectivity index (χ1n) is 6.94. The Labute approximate surface area is 122 Å². The molecule has 102 valence electrons. The number of likely N-dealkylation sites (tertiary alicyclic amines) is 1. The van der Waals surface area contributed by atoms with E-state index in [1.54, 1.807) is 0 Å². The molecule has 0 aliphatic carbocycles. The van der Waals surface area contributed by atoms with Gasteiger partial charge in [0.05, 0.1) is 0 Å². The summed E-state index contributed by atoms with van der Waals surface area (Å²) in [6.07, 6.45) is 2.29. The molecule has 2 atom stereocenters. The van der Waals surface area contributed by atoms with Gasteiger partial charge in [-0.1, -0.05) is 15.9 Å². The molecule has 0 spiro atoms. The van der Waals surface area contributed by atoms with Gasteiger partial charge in [0.1, 0.15) is 0 Å². The van der Waals surface area contributed by atoms with Gasteiger partial charge in [0.2, 0.25) is 0 Å². The maximum absolute atomic E-state index is 12.6. The zero-order valence-corrected chi connectivity index (χ0v) is 12.7. The molecule has 1 aromatic rings. The largest absolute Gasteiger partial charge is 0.338 e. The van der Waals surface area contributed by atoms with E-state index in [2.05, 4.69) is 21.2 Å². The fourth-order valence-electron chi connectivity index (χ4n) is 3.27. The third-order valence-corrected chi connectivity index (χ3v) is 4.85. The van der Waals surface area contributed by atoms with Gasteiger partial charge < -0.3 is 10.2 Å². The minimum Gasteiger partial charge on any atom is -0.338 e. The van der Waals surface area contributed by atoms with Crippen LogP contribution in [0.5, 0.6) is 0 Å². The van der Waals surface area contributed by atoms with Crippen LogP contribution in [0.1, 0.15) is 28.8 Å². The summed E-state index contributed by atoms with van der Waals surface area (Å²) in [5, 5.41) is 3.53. The van der Waals surface area contributed by atoms with Crippen LogP contribution >= 0.6 is 15.9 Å². The molecule has 2 fully saturated rings. The summed E-state index contributed by atoms with van der Waals surface area (Å²) in [4.78, 5) is 14.6. The molecular formula is C15H19BrN2O. The predicted molar refractivity (Wildman–Crippen MR) is 79.3 cm³/mol. The second kappa shape index (κ2) is 5.25. The number of fused-ring (bicyclic) bond motifs is 1. The average molecular weight is 323 g/mol. The highest BCUT2D eigenvalue weighted by atomic mass is 79.9. The molecule has 2 aliphatic rings.